The van der Waals surface area contributed by atoms with Gasteiger partial charge in [-0.1, -0.05) is 194 Å². The Kier molecular flexibility index (Phi) is 49.0. The van der Waals surface area contributed by atoms with Crippen LogP contribution in [0.4, 0.5) is 0 Å². The molecule has 0 fully saturated rings. The average Bonchev–Trinajstić information content (AvgIpc) is 2.98. The molecule has 5 nitrogen and oxygen atoms in total. The molecule has 0 amide bonds. The molecule has 0 aromatic heterocycles. The summed E-state index contributed by atoms with van der Waals surface area (Å²) < 4.78 is 8.25. The molecule has 0 aliphatic heterocycles. The molecular formula is C36H72O5Ti. The summed E-state index contributed by atoms with van der Waals surface area (Å²) in [6, 6.07) is 0. The van der Waals surface area contributed by atoms with Gasteiger partial charge in [0.25, 0.3) is 0 Å². The molecule has 0 saturated carbocycles. The maximum atomic E-state index is 10.3. The Bertz CT molecular complexity index is 471. The number of unbranched alkanes of at least 4 members (excludes halogenated alkanes) is 28. The number of hydrogen-bond donors (Lipinski definition) is 2. The molecule has 0 saturated heterocycles. The summed E-state index contributed by atoms with van der Waals surface area (Å²) in [4.78, 5) is 20.7. The van der Waals surface area contributed by atoms with E-state index in [9.17, 15) is 9.59 Å². The summed E-state index contributed by atoms with van der Waals surface area (Å²) in [5.41, 5.74) is 0. The molecule has 0 aliphatic carbocycles. The third-order valence-electron chi connectivity index (χ3n) is 7.99. The number of rotatable bonds is 32. The number of aliphatic carboxylic acids is 2. The fourth-order valence-corrected chi connectivity index (χ4v) is 5.30. The van der Waals surface area contributed by atoms with Gasteiger partial charge in [-0.25, -0.2) is 0 Å². The van der Waals surface area contributed by atoms with Crippen molar-refractivity contribution in [3.63, 3.8) is 0 Å². The summed E-state index contributed by atoms with van der Waals surface area (Å²) in [5, 5.41) is 17.0. The van der Waals surface area contributed by atoms with Crippen LogP contribution in [0.2, 0.25) is 0 Å². The van der Waals surface area contributed by atoms with Gasteiger partial charge in [0, 0.05) is 12.8 Å². The van der Waals surface area contributed by atoms with Gasteiger partial charge in [0.15, 0.2) is 0 Å². The Hall–Kier alpha value is -0.546. The van der Waals surface area contributed by atoms with E-state index in [4.69, 9.17) is 13.5 Å². The summed E-state index contributed by atoms with van der Waals surface area (Å²) >= 11 is 0.750. The van der Waals surface area contributed by atoms with Crippen molar-refractivity contribution in [1.82, 2.24) is 0 Å². The average molecular weight is 633 g/mol. The Labute approximate surface area is 273 Å². The first-order valence-electron chi connectivity index (χ1n) is 18.2. The van der Waals surface area contributed by atoms with Crippen LogP contribution in [0.5, 0.6) is 0 Å². The summed E-state index contributed by atoms with van der Waals surface area (Å²) in [5.74, 6) is -1.31. The molecule has 0 spiro atoms. The van der Waals surface area contributed by atoms with Gasteiger partial charge >= 0.3 is 35.7 Å². The van der Waals surface area contributed by atoms with E-state index in [1.54, 1.807) is 0 Å². The van der Waals surface area contributed by atoms with E-state index in [-0.39, 0.29) is 0 Å². The molecule has 0 aromatic carbocycles. The van der Waals surface area contributed by atoms with Crippen molar-refractivity contribution >= 4 is 11.9 Å². The van der Waals surface area contributed by atoms with Gasteiger partial charge in [0.2, 0.25) is 0 Å². The third-order valence-corrected chi connectivity index (χ3v) is 7.99. The van der Waals surface area contributed by atoms with Gasteiger partial charge in [-0.3, -0.25) is 9.59 Å². The Balaban J connectivity index is -0.000000683. The molecule has 0 rings (SSSR count). The van der Waals surface area contributed by atoms with Crippen LogP contribution in [-0.4, -0.2) is 22.2 Å². The number of carboxylic acids is 2. The first kappa shape index (κ1) is 45.9. The normalized spacial score (nSPS) is 10.4. The number of hydrogen-bond acceptors (Lipinski definition) is 3. The van der Waals surface area contributed by atoms with E-state index in [2.05, 4.69) is 13.8 Å². The summed E-state index contributed by atoms with van der Waals surface area (Å²) in [6.07, 6.45) is 40.4. The van der Waals surface area contributed by atoms with E-state index >= 15 is 0 Å². The van der Waals surface area contributed by atoms with Crippen molar-refractivity contribution in [2.75, 3.05) is 0 Å². The van der Waals surface area contributed by atoms with Gasteiger partial charge in [0.05, 0.1) is 0 Å². The Morgan fingerprint density at radius 3 is 0.619 bits per heavy atom. The monoisotopic (exact) mass is 632 g/mol. The van der Waals surface area contributed by atoms with Gasteiger partial charge in [-0.05, 0) is 12.8 Å². The molecular weight excluding hydrogens is 560 g/mol. The number of carbonyl (C=O) groups is 2. The topological polar surface area (TPSA) is 91.7 Å². The van der Waals surface area contributed by atoms with E-state index in [0.29, 0.717) is 12.8 Å². The summed E-state index contributed by atoms with van der Waals surface area (Å²) in [6.45, 7) is 4.54. The van der Waals surface area contributed by atoms with Crippen molar-refractivity contribution in [1.29, 1.82) is 0 Å². The molecule has 0 bridgehead atoms. The Morgan fingerprint density at radius 2 is 0.476 bits per heavy atom. The van der Waals surface area contributed by atoms with E-state index in [1.165, 1.54) is 167 Å². The fourth-order valence-electron chi connectivity index (χ4n) is 5.30. The zero-order valence-electron chi connectivity index (χ0n) is 28.2. The Morgan fingerprint density at radius 1 is 0.333 bits per heavy atom. The second kappa shape index (κ2) is 44.9. The van der Waals surface area contributed by atoms with Crippen molar-refractivity contribution < 1.29 is 43.5 Å². The van der Waals surface area contributed by atoms with Crippen LogP contribution in [0.15, 0.2) is 0 Å². The summed E-state index contributed by atoms with van der Waals surface area (Å²) in [7, 11) is 0. The van der Waals surface area contributed by atoms with Gasteiger partial charge in [-0.15, -0.1) is 0 Å². The first-order valence-corrected chi connectivity index (χ1v) is 18.8. The third kappa shape index (κ3) is 52.1. The van der Waals surface area contributed by atoms with Crippen molar-refractivity contribution in [2.24, 2.45) is 0 Å². The molecule has 250 valence electrons. The van der Waals surface area contributed by atoms with Gasteiger partial charge < -0.3 is 10.2 Å². The molecule has 0 atom stereocenters. The molecule has 2 N–H and O–H groups in total. The van der Waals surface area contributed by atoms with Crippen LogP contribution in [-0.2, 0) is 33.3 Å². The zero-order valence-corrected chi connectivity index (χ0v) is 29.8. The van der Waals surface area contributed by atoms with Gasteiger partial charge in [-0.2, -0.15) is 0 Å². The molecule has 42 heavy (non-hydrogen) atoms. The molecule has 0 aromatic rings. The minimum atomic E-state index is -0.653. The van der Waals surface area contributed by atoms with Crippen LogP contribution in [0, 0.1) is 0 Å². The van der Waals surface area contributed by atoms with E-state index in [0.717, 1.165) is 46.1 Å². The zero-order chi connectivity index (χ0) is 31.8. The van der Waals surface area contributed by atoms with E-state index < -0.39 is 11.9 Å². The van der Waals surface area contributed by atoms with Crippen LogP contribution in [0.1, 0.15) is 219 Å². The van der Waals surface area contributed by atoms with Crippen molar-refractivity contribution in [3.05, 3.63) is 0 Å². The van der Waals surface area contributed by atoms with Crippen molar-refractivity contribution in [2.45, 2.75) is 219 Å². The molecule has 6 heteroatoms. The van der Waals surface area contributed by atoms with Crippen LogP contribution < -0.4 is 0 Å². The SMILES string of the molecule is CCCCCCCCCCCCCCCCCC(=O)O.CCCCCCCCCCCCCCCCCC(=O)O.[O]=[Ti]. The second-order valence-electron chi connectivity index (χ2n) is 12.2. The van der Waals surface area contributed by atoms with Gasteiger partial charge in [0.1, 0.15) is 0 Å². The first-order chi connectivity index (χ1) is 20.5. The van der Waals surface area contributed by atoms with Crippen LogP contribution in [0.3, 0.4) is 0 Å². The predicted octanol–water partition coefficient (Wildman–Crippen LogP) is 12.5. The predicted molar refractivity (Wildman–Crippen MR) is 175 cm³/mol. The molecule has 0 unspecified atom stereocenters. The minimum absolute atomic E-state index is 0.345. The maximum absolute atomic E-state index is 10.3. The molecule has 0 heterocycles. The fraction of sp³-hybridized carbons (Fsp3) is 0.944. The van der Waals surface area contributed by atoms with E-state index in [1.807, 2.05) is 0 Å². The van der Waals surface area contributed by atoms with Crippen LogP contribution in [0.25, 0.3) is 0 Å². The molecule has 0 aliphatic rings. The quantitative estimate of drug-likeness (QED) is 0.0568. The molecule has 0 radical (unpaired) electrons. The van der Waals surface area contributed by atoms with Crippen LogP contribution >= 0.6 is 0 Å². The van der Waals surface area contributed by atoms with Crippen molar-refractivity contribution in [3.8, 4) is 0 Å². The standard InChI is InChI=1S/2C18H36O2.O.Ti/c2*1-2-3-4-5-6-7-8-9-10-11-12-13-14-15-16-17-18(19)20;;/h2*2-17H2,1H3,(H,19,20);;. The second-order valence-corrected chi connectivity index (χ2v) is 12.2. The number of carboxylic acid groups (broad SMARTS) is 2.